The Bertz CT molecular complexity index is 944. The van der Waals surface area contributed by atoms with Crippen LogP contribution in [0.5, 0.6) is 0 Å². The zero-order chi connectivity index (χ0) is 17.9. The number of aromatic nitrogens is 4. The minimum absolute atomic E-state index is 0.0716. The molecule has 0 bridgehead atoms. The van der Waals surface area contributed by atoms with Gasteiger partial charge in [-0.1, -0.05) is 6.07 Å². The van der Waals surface area contributed by atoms with Crippen LogP contribution in [0.25, 0.3) is 0 Å². The number of hydrogen-bond donors (Lipinski definition) is 1. The molecular weight excluding hydrogens is 326 g/mol. The molecule has 6 nitrogen and oxygen atoms in total. The van der Waals surface area contributed by atoms with E-state index in [0.29, 0.717) is 12.6 Å². The Morgan fingerprint density at radius 1 is 1.19 bits per heavy atom. The van der Waals surface area contributed by atoms with Crippen LogP contribution in [0, 0.1) is 0 Å². The predicted molar refractivity (Wildman–Crippen MR) is 99.9 cm³/mol. The van der Waals surface area contributed by atoms with Gasteiger partial charge in [-0.2, -0.15) is 5.10 Å². The van der Waals surface area contributed by atoms with Crippen LogP contribution in [-0.4, -0.2) is 25.4 Å². The van der Waals surface area contributed by atoms with E-state index in [0.717, 1.165) is 31.4 Å². The molecule has 0 aromatic carbocycles. The molecule has 0 spiro atoms. The van der Waals surface area contributed by atoms with Gasteiger partial charge in [-0.3, -0.25) is 14.5 Å². The van der Waals surface area contributed by atoms with E-state index in [2.05, 4.69) is 15.4 Å². The monoisotopic (exact) mass is 349 g/mol. The van der Waals surface area contributed by atoms with Crippen LogP contribution in [0.3, 0.4) is 0 Å². The summed E-state index contributed by atoms with van der Waals surface area (Å²) in [6.07, 6.45) is 10.4. The van der Waals surface area contributed by atoms with E-state index in [-0.39, 0.29) is 5.56 Å². The highest BCUT2D eigenvalue weighted by molar-refractivity contribution is 5.27. The summed E-state index contributed by atoms with van der Waals surface area (Å²) in [5.74, 6) is 0. The Morgan fingerprint density at radius 2 is 2.04 bits per heavy atom. The standard InChI is InChI=1S/C20H23N5O/c1-24-13-16(12-23-24)11-22-18-3-4-19-17(10-18)2-5-20(26)25(19)14-15-6-8-21-9-7-15/h2,5-9,12-13,18,22H,3-4,10-11,14H2,1H3/t18-/m1/s1. The first-order valence-corrected chi connectivity index (χ1v) is 9.00. The molecule has 134 valence electrons. The highest BCUT2D eigenvalue weighted by atomic mass is 16.1. The predicted octanol–water partition coefficient (Wildman–Crippen LogP) is 1.67. The summed E-state index contributed by atoms with van der Waals surface area (Å²) < 4.78 is 3.74. The average Bonchev–Trinajstić information content (AvgIpc) is 3.08. The van der Waals surface area contributed by atoms with E-state index in [4.69, 9.17) is 0 Å². The van der Waals surface area contributed by atoms with E-state index in [1.54, 1.807) is 18.5 Å². The van der Waals surface area contributed by atoms with E-state index in [9.17, 15) is 4.79 Å². The van der Waals surface area contributed by atoms with E-state index in [1.807, 2.05) is 46.9 Å². The Morgan fingerprint density at radius 3 is 2.81 bits per heavy atom. The number of fused-ring (bicyclic) bond motifs is 1. The highest BCUT2D eigenvalue weighted by Gasteiger charge is 2.21. The molecule has 1 aliphatic carbocycles. The van der Waals surface area contributed by atoms with Crippen LogP contribution in [0.2, 0.25) is 0 Å². The van der Waals surface area contributed by atoms with Gasteiger partial charge >= 0.3 is 0 Å². The molecule has 1 N–H and O–H groups in total. The summed E-state index contributed by atoms with van der Waals surface area (Å²) >= 11 is 0. The normalized spacial score (nSPS) is 16.4. The summed E-state index contributed by atoms with van der Waals surface area (Å²) in [6.45, 7) is 1.43. The zero-order valence-corrected chi connectivity index (χ0v) is 14.9. The Balaban J connectivity index is 1.49. The van der Waals surface area contributed by atoms with Crippen molar-refractivity contribution in [2.24, 2.45) is 7.05 Å². The molecule has 0 amide bonds. The van der Waals surface area contributed by atoms with Gasteiger partial charge in [-0.15, -0.1) is 0 Å². The number of rotatable bonds is 5. The molecule has 0 fully saturated rings. The van der Waals surface area contributed by atoms with E-state index < -0.39 is 0 Å². The fraction of sp³-hybridized carbons (Fsp3) is 0.350. The fourth-order valence-corrected chi connectivity index (χ4v) is 3.67. The molecule has 26 heavy (non-hydrogen) atoms. The maximum absolute atomic E-state index is 12.4. The number of hydrogen-bond acceptors (Lipinski definition) is 4. The maximum Gasteiger partial charge on any atom is 0.251 e. The van der Waals surface area contributed by atoms with Crippen molar-refractivity contribution >= 4 is 0 Å². The number of nitrogens with one attached hydrogen (secondary N) is 1. The van der Waals surface area contributed by atoms with Crippen molar-refractivity contribution in [3.8, 4) is 0 Å². The van der Waals surface area contributed by atoms with Crippen molar-refractivity contribution in [3.05, 3.63) is 81.8 Å². The second kappa shape index (κ2) is 7.25. The number of pyridine rings is 2. The first-order valence-electron chi connectivity index (χ1n) is 9.00. The van der Waals surface area contributed by atoms with Gasteiger partial charge in [0.05, 0.1) is 12.7 Å². The fourth-order valence-electron chi connectivity index (χ4n) is 3.67. The number of nitrogens with zero attached hydrogens (tertiary/aromatic N) is 4. The highest BCUT2D eigenvalue weighted by Crippen LogP contribution is 2.21. The molecule has 0 aliphatic heterocycles. The third kappa shape index (κ3) is 3.60. The van der Waals surface area contributed by atoms with Crippen molar-refractivity contribution < 1.29 is 0 Å². The summed E-state index contributed by atoms with van der Waals surface area (Å²) in [7, 11) is 1.93. The Labute approximate surface area is 152 Å². The van der Waals surface area contributed by atoms with E-state index in [1.165, 1.54) is 16.8 Å². The Hall–Kier alpha value is -2.73. The van der Waals surface area contributed by atoms with Crippen molar-refractivity contribution in [2.45, 2.75) is 38.4 Å². The molecule has 3 aromatic rings. The van der Waals surface area contributed by atoms with Gasteiger partial charge in [-0.05, 0) is 42.5 Å². The molecular formula is C20H23N5O. The van der Waals surface area contributed by atoms with Crippen LogP contribution in [-0.2, 0) is 33.0 Å². The van der Waals surface area contributed by atoms with Gasteiger partial charge in [0.25, 0.3) is 5.56 Å². The van der Waals surface area contributed by atoms with Gasteiger partial charge in [0.2, 0.25) is 0 Å². The molecule has 0 unspecified atom stereocenters. The van der Waals surface area contributed by atoms with Crippen molar-refractivity contribution in [1.29, 1.82) is 0 Å². The lowest BCUT2D eigenvalue weighted by Crippen LogP contribution is -2.37. The molecule has 4 rings (SSSR count). The largest absolute Gasteiger partial charge is 0.309 e. The third-order valence-corrected chi connectivity index (χ3v) is 5.03. The first-order chi connectivity index (χ1) is 12.7. The van der Waals surface area contributed by atoms with Crippen LogP contribution in [0.15, 0.2) is 53.8 Å². The lowest BCUT2D eigenvalue weighted by molar-refractivity contribution is 0.443. The molecule has 3 aromatic heterocycles. The minimum Gasteiger partial charge on any atom is -0.309 e. The van der Waals surface area contributed by atoms with Gasteiger partial charge < -0.3 is 9.88 Å². The van der Waals surface area contributed by atoms with Crippen molar-refractivity contribution in [3.63, 3.8) is 0 Å². The minimum atomic E-state index is 0.0716. The number of aryl methyl sites for hydroxylation is 1. The third-order valence-electron chi connectivity index (χ3n) is 5.03. The summed E-state index contributed by atoms with van der Waals surface area (Å²) in [5, 5.41) is 7.84. The van der Waals surface area contributed by atoms with E-state index >= 15 is 0 Å². The molecule has 0 saturated heterocycles. The summed E-state index contributed by atoms with van der Waals surface area (Å²) in [5.41, 5.74) is 4.82. The van der Waals surface area contributed by atoms with Gasteiger partial charge in [-0.25, -0.2) is 0 Å². The molecule has 1 atom stereocenters. The summed E-state index contributed by atoms with van der Waals surface area (Å²) in [4.78, 5) is 16.5. The second-order valence-electron chi connectivity index (χ2n) is 6.93. The van der Waals surface area contributed by atoms with Crippen LogP contribution in [0.1, 0.15) is 28.8 Å². The topological polar surface area (TPSA) is 64.7 Å². The van der Waals surface area contributed by atoms with Gasteiger partial charge in [0, 0.05) is 55.5 Å². The second-order valence-corrected chi connectivity index (χ2v) is 6.93. The smallest absolute Gasteiger partial charge is 0.251 e. The molecule has 3 heterocycles. The first kappa shape index (κ1) is 16.7. The molecule has 0 saturated carbocycles. The van der Waals surface area contributed by atoms with Crippen molar-refractivity contribution in [2.75, 3.05) is 0 Å². The van der Waals surface area contributed by atoms with Crippen LogP contribution >= 0.6 is 0 Å². The molecule has 0 radical (unpaired) electrons. The van der Waals surface area contributed by atoms with Crippen LogP contribution < -0.4 is 10.9 Å². The molecule has 6 heteroatoms. The SMILES string of the molecule is Cn1cc(CN[C@@H]2CCc3c(ccc(=O)n3Cc3ccncc3)C2)cn1. The Kier molecular flexibility index (Phi) is 4.67. The van der Waals surface area contributed by atoms with Gasteiger partial charge in [0.15, 0.2) is 0 Å². The zero-order valence-electron chi connectivity index (χ0n) is 14.9. The average molecular weight is 349 g/mol. The lowest BCUT2D eigenvalue weighted by atomic mass is 9.91. The summed E-state index contributed by atoms with van der Waals surface area (Å²) in [6, 6.07) is 8.05. The maximum atomic E-state index is 12.4. The lowest BCUT2D eigenvalue weighted by Gasteiger charge is -2.27. The quantitative estimate of drug-likeness (QED) is 0.761. The molecule has 1 aliphatic rings. The van der Waals surface area contributed by atoms with Crippen molar-refractivity contribution in [1.82, 2.24) is 24.6 Å². The van der Waals surface area contributed by atoms with Gasteiger partial charge in [0.1, 0.15) is 0 Å². The van der Waals surface area contributed by atoms with Crippen LogP contribution in [0.4, 0.5) is 0 Å².